The van der Waals surface area contributed by atoms with Crippen molar-refractivity contribution >= 4 is 17.8 Å². The minimum atomic E-state index is 0. The molecule has 0 radical (unpaired) electrons. The fraction of sp³-hybridized carbons (Fsp3) is 0.500. The minimum absolute atomic E-state index is 0. The van der Waals surface area contributed by atoms with Gasteiger partial charge in [-0.1, -0.05) is 23.7 Å². The van der Waals surface area contributed by atoms with Crippen molar-refractivity contribution in [2.75, 3.05) is 13.1 Å². The molecular formula is C18H24BrClN2. The van der Waals surface area contributed by atoms with Crippen LogP contribution < -0.4 is 17.0 Å². The van der Waals surface area contributed by atoms with Crippen LogP contribution in [0.25, 0.3) is 0 Å². The van der Waals surface area contributed by atoms with Gasteiger partial charge in [-0.3, -0.25) is 0 Å². The van der Waals surface area contributed by atoms with Gasteiger partial charge in [-0.15, -0.1) is 0 Å². The van der Waals surface area contributed by atoms with E-state index in [1.54, 1.807) is 0 Å². The van der Waals surface area contributed by atoms with Crippen LogP contribution in [0.3, 0.4) is 0 Å². The number of halogens is 2. The number of likely N-dealkylation sites (tertiary alicyclic amines) is 1. The van der Waals surface area contributed by atoms with E-state index in [0.717, 1.165) is 18.0 Å². The lowest BCUT2D eigenvalue weighted by molar-refractivity contribution is -0.612. The van der Waals surface area contributed by atoms with E-state index in [4.69, 9.17) is 11.6 Å². The van der Waals surface area contributed by atoms with Gasteiger partial charge in [0.15, 0.2) is 18.3 Å². The molecule has 3 rings (SSSR count). The molecule has 0 spiro atoms. The maximum Gasteiger partial charge on any atom is 0.168 e. The fourth-order valence-corrected chi connectivity index (χ4v) is 3.38. The van der Waals surface area contributed by atoms with Crippen LogP contribution in [0.15, 0.2) is 36.0 Å². The van der Waals surface area contributed by atoms with Crippen LogP contribution in [0.1, 0.15) is 38.7 Å². The highest BCUT2D eigenvalue weighted by Crippen LogP contribution is 2.28. The number of benzene rings is 1. The summed E-state index contributed by atoms with van der Waals surface area (Å²) in [4.78, 5) is 2.55. The van der Waals surface area contributed by atoms with Crippen LogP contribution in [-0.4, -0.2) is 34.3 Å². The molecule has 0 aliphatic carbocycles. The predicted octanol–water partition coefficient (Wildman–Crippen LogP) is 1.09. The van der Waals surface area contributed by atoms with E-state index >= 15 is 0 Å². The average Bonchev–Trinajstić information content (AvgIpc) is 2.97. The lowest BCUT2D eigenvalue weighted by atomic mass is 9.93. The van der Waals surface area contributed by atoms with E-state index in [9.17, 15) is 0 Å². The van der Waals surface area contributed by atoms with Crippen molar-refractivity contribution in [3.8, 4) is 0 Å². The van der Waals surface area contributed by atoms with E-state index in [1.165, 1.54) is 37.2 Å². The van der Waals surface area contributed by atoms with Gasteiger partial charge in [0.05, 0.1) is 6.42 Å². The van der Waals surface area contributed by atoms with Crippen LogP contribution in [-0.2, 0) is 6.54 Å². The Morgan fingerprint density at radius 2 is 1.77 bits per heavy atom. The SMILES string of the molecule is CC1(C)CC(N2CCCC2)=CC=[N+]1Cc1ccc(Cl)cc1.[Br-]. The molecule has 0 bridgehead atoms. The van der Waals surface area contributed by atoms with Crippen LogP contribution >= 0.6 is 11.6 Å². The third-order valence-electron chi connectivity index (χ3n) is 4.62. The maximum atomic E-state index is 5.97. The summed E-state index contributed by atoms with van der Waals surface area (Å²) in [5, 5.41) is 0.803. The van der Waals surface area contributed by atoms with Crippen LogP contribution in [0.4, 0.5) is 0 Å². The zero-order valence-corrected chi connectivity index (χ0v) is 15.7. The molecule has 4 heteroatoms. The van der Waals surface area contributed by atoms with Crippen LogP contribution in [0.5, 0.6) is 0 Å². The number of allylic oxidation sites excluding steroid dienone is 1. The minimum Gasteiger partial charge on any atom is -1.00 e. The summed E-state index contributed by atoms with van der Waals surface area (Å²) in [6.45, 7) is 8.07. The Morgan fingerprint density at radius 3 is 2.36 bits per heavy atom. The van der Waals surface area contributed by atoms with Crippen LogP contribution in [0, 0.1) is 0 Å². The van der Waals surface area contributed by atoms with Gasteiger partial charge in [0.1, 0.15) is 0 Å². The lowest BCUT2D eigenvalue weighted by Crippen LogP contribution is -3.00. The molecule has 0 unspecified atom stereocenters. The van der Waals surface area contributed by atoms with Gasteiger partial charge in [-0.2, -0.15) is 0 Å². The summed E-state index contributed by atoms with van der Waals surface area (Å²) in [7, 11) is 0. The Kier molecular flexibility index (Phi) is 5.73. The van der Waals surface area contributed by atoms with Gasteiger partial charge >= 0.3 is 0 Å². The zero-order chi connectivity index (χ0) is 14.9. The molecule has 1 aromatic rings. The fourth-order valence-electron chi connectivity index (χ4n) is 3.26. The Morgan fingerprint density at radius 1 is 1.14 bits per heavy atom. The molecule has 1 saturated heterocycles. The molecule has 0 atom stereocenters. The first-order valence-corrected chi connectivity index (χ1v) is 8.23. The predicted molar refractivity (Wildman–Crippen MR) is 89.1 cm³/mol. The first-order valence-electron chi connectivity index (χ1n) is 7.85. The number of nitrogens with zero attached hydrogens (tertiary/aromatic N) is 2. The molecule has 0 aromatic heterocycles. The number of hydrogen-bond donors (Lipinski definition) is 0. The lowest BCUT2D eigenvalue weighted by Gasteiger charge is -2.31. The van der Waals surface area contributed by atoms with Gasteiger partial charge in [0.25, 0.3) is 0 Å². The summed E-state index contributed by atoms with van der Waals surface area (Å²) in [6.07, 6.45) is 8.38. The summed E-state index contributed by atoms with van der Waals surface area (Å²) in [6, 6.07) is 8.18. The van der Waals surface area contributed by atoms with Gasteiger partial charge < -0.3 is 21.9 Å². The molecule has 120 valence electrons. The Bertz CT molecular complexity index is 569. The Balaban J connectivity index is 0.00000176. The van der Waals surface area contributed by atoms with E-state index in [-0.39, 0.29) is 22.5 Å². The van der Waals surface area contributed by atoms with Gasteiger partial charge in [-0.05, 0) is 25.0 Å². The summed E-state index contributed by atoms with van der Waals surface area (Å²) < 4.78 is 2.44. The highest BCUT2D eigenvalue weighted by Gasteiger charge is 2.35. The normalized spacial score (nSPS) is 20.2. The largest absolute Gasteiger partial charge is 1.00 e. The summed E-state index contributed by atoms with van der Waals surface area (Å²) in [5.41, 5.74) is 2.97. The molecule has 1 aromatic carbocycles. The highest BCUT2D eigenvalue weighted by molar-refractivity contribution is 6.30. The molecule has 1 fully saturated rings. The molecule has 2 nitrogen and oxygen atoms in total. The first kappa shape index (κ1) is 17.6. The smallest absolute Gasteiger partial charge is 0.168 e. The van der Waals surface area contributed by atoms with Crippen molar-refractivity contribution in [1.82, 2.24) is 4.90 Å². The van der Waals surface area contributed by atoms with Crippen molar-refractivity contribution < 1.29 is 21.6 Å². The topological polar surface area (TPSA) is 6.25 Å². The van der Waals surface area contributed by atoms with Crippen LogP contribution in [0.2, 0.25) is 5.02 Å². The molecule has 0 amide bonds. The molecular weight excluding hydrogens is 360 g/mol. The Labute approximate surface area is 149 Å². The van der Waals surface area contributed by atoms with E-state index in [1.807, 2.05) is 12.1 Å². The van der Waals surface area contributed by atoms with Gasteiger partial charge in [0, 0.05) is 49.3 Å². The summed E-state index contributed by atoms with van der Waals surface area (Å²) >= 11 is 5.97. The molecule has 22 heavy (non-hydrogen) atoms. The number of hydrogen-bond acceptors (Lipinski definition) is 1. The zero-order valence-electron chi connectivity index (χ0n) is 13.4. The average molecular weight is 384 g/mol. The molecule has 2 aliphatic rings. The second kappa shape index (κ2) is 7.18. The van der Waals surface area contributed by atoms with E-state index in [0.29, 0.717) is 0 Å². The van der Waals surface area contributed by atoms with E-state index < -0.39 is 0 Å². The van der Waals surface area contributed by atoms with Crippen molar-refractivity contribution in [3.63, 3.8) is 0 Å². The third-order valence-corrected chi connectivity index (χ3v) is 4.87. The molecule has 2 heterocycles. The monoisotopic (exact) mass is 382 g/mol. The van der Waals surface area contributed by atoms with Crippen molar-refractivity contribution in [2.45, 2.75) is 45.2 Å². The standard InChI is InChI=1S/C18H24ClN2.BrH/c1-18(2)13-17(20-10-3-4-11-20)9-12-21(18)14-15-5-7-16(19)8-6-15;/h5-9,12H,3-4,10-11,13-14H2,1-2H3;1H/q+1;/p-1. The second-order valence-corrected chi connectivity index (χ2v) is 7.18. The maximum absolute atomic E-state index is 5.97. The Hall–Kier alpha value is -0.800. The van der Waals surface area contributed by atoms with Crippen molar-refractivity contribution in [2.24, 2.45) is 0 Å². The third kappa shape index (κ3) is 3.94. The van der Waals surface area contributed by atoms with Gasteiger partial charge in [0.2, 0.25) is 0 Å². The van der Waals surface area contributed by atoms with Gasteiger partial charge in [-0.25, -0.2) is 4.58 Å². The molecule has 2 aliphatic heterocycles. The quantitative estimate of drug-likeness (QED) is 0.708. The van der Waals surface area contributed by atoms with E-state index in [2.05, 4.69) is 47.7 Å². The highest BCUT2D eigenvalue weighted by atomic mass is 79.9. The second-order valence-electron chi connectivity index (χ2n) is 6.74. The van der Waals surface area contributed by atoms with Crippen molar-refractivity contribution in [1.29, 1.82) is 0 Å². The molecule has 0 N–H and O–H groups in total. The van der Waals surface area contributed by atoms with Crippen molar-refractivity contribution in [3.05, 3.63) is 46.6 Å². The first-order chi connectivity index (χ1) is 10.0. The number of rotatable bonds is 3. The summed E-state index contributed by atoms with van der Waals surface area (Å²) in [5.74, 6) is 0. The molecule has 0 saturated carbocycles.